The molecule has 3 heterocycles. The van der Waals surface area contributed by atoms with Crippen molar-refractivity contribution in [3.8, 4) is 6.07 Å². The van der Waals surface area contributed by atoms with Gasteiger partial charge >= 0.3 is 18.1 Å². The second-order valence-corrected chi connectivity index (χ2v) is 13.0. The Kier molecular flexibility index (Phi) is 13.5. The number of likely N-dealkylation sites (tertiary alicyclic amines) is 1. The number of aromatic nitrogens is 3. The summed E-state index contributed by atoms with van der Waals surface area (Å²) >= 11 is 0. The van der Waals surface area contributed by atoms with Crippen molar-refractivity contribution in [2.24, 2.45) is 5.92 Å². The molecule has 1 aliphatic heterocycles. The minimum atomic E-state index is -1.15. The molecule has 0 aliphatic carbocycles. The van der Waals surface area contributed by atoms with Crippen LogP contribution in [0, 0.1) is 17.2 Å². The van der Waals surface area contributed by atoms with Gasteiger partial charge in [-0.2, -0.15) is 5.26 Å². The zero-order chi connectivity index (χ0) is 35.4. The number of nitriles is 1. The fraction of sp³-hybridized carbons (Fsp3) is 0.625. The minimum absolute atomic E-state index is 0.0151. The van der Waals surface area contributed by atoms with E-state index in [1.807, 2.05) is 18.0 Å². The second kappa shape index (κ2) is 17.3. The van der Waals surface area contributed by atoms with Crippen LogP contribution in [0.2, 0.25) is 0 Å². The third-order valence-corrected chi connectivity index (χ3v) is 8.09. The summed E-state index contributed by atoms with van der Waals surface area (Å²) in [7, 11) is 1.89. The number of aliphatic carboxylic acids is 1. The van der Waals surface area contributed by atoms with Crippen LogP contribution < -0.4 is 20.9 Å². The predicted octanol–water partition coefficient (Wildman–Crippen LogP) is 2.62. The van der Waals surface area contributed by atoms with Gasteiger partial charge in [-0.1, -0.05) is 6.92 Å². The number of nitrogens with one attached hydrogen (secondary N) is 3. The molecule has 0 bridgehead atoms. The third kappa shape index (κ3) is 10.8. The van der Waals surface area contributed by atoms with E-state index in [0.29, 0.717) is 49.3 Å². The van der Waals surface area contributed by atoms with Gasteiger partial charge in [0.25, 0.3) is 0 Å². The van der Waals surface area contributed by atoms with Crippen LogP contribution in [0.1, 0.15) is 72.6 Å². The highest BCUT2D eigenvalue weighted by atomic mass is 16.6. The highest BCUT2D eigenvalue weighted by molar-refractivity contribution is 5.95. The standard InChI is InChI=1S/C32H47N9O7/c1-21-12-17-40(26(43)11-14-33)19-24(21)39(5)27-22-13-18-41(28(22)37-20-36-27)30(46)34-16-8-10-25(42)38-23(29(44)45)9-6-7-15-35-31(47)48-32(2,3)4/h13,18,20-21,23-24H,6-12,15-17,19H2,1-5H3,(H,34,46)(H,35,47)(H,38,42)(H,44,45)/t21-,23?,24+/m1/s1. The van der Waals surface area contributed by atoms with Crippen molar-refractivity contribution in [2.75, 3.05) is 38.1 Å². The Hall–Kier alpha value is -4.94. The van der Waals surface area contributed by atoms with Gasteiger partial charge in [-0.25, -0.2) is 24.4 Å². The number of rotatable bonds is 14. The maximum atomic E-state index is 13.0. The molecule has 0 radical (unpaired) electrons. The summed E-state index contributed by atoms with van der Waals surface area (Å²) in [5.41, 5.74) is -0.213. The van der Waals surface area contributed by atoms with Crippen molar-refractivity contribution in [2.45, 2.75) is 90.3 Å². The lowest BCUT2D eigenvalue weighted by Crippen LogP contribution is -2.52. The number of anilines is 1. The number of amides is 4. The Morgan fingerprint density at radius 3 is 2.56 bits per heavy atom. The molecule has 1 aliphatic rings. The maximum absolute atomic E-state index is 13.0. The Labute approximate surface area is 280 Å². The van der Waals surface area contributed by atoms with Crippen molar-refractivity contribution in [3.05, 3.63) is 18.6 Å². The molecule has 2 aromatic rings. The molecule has 0 aromatic carbocycles. The monoisotopic (exact) mass is 669 g/mol. The first-order valence-electron chi connectivity index (χ1n) is 16.2. The first-order valence-corrected chi connectivity index (χ1v) is 16.2. The van der Waals surface area contributed by atoms with E-state index in [9.17, 15) is 29.1 Å². The summed E-state index contributed by atoms with van der Waals surface area (Å²) in [5, 5.41) is 27.0. The van der Waals surface area contributed by atoms with E-state index in [1.54, 1.807) is 37.9 Å². The quantitative estimate of drug-likeness (QED) is 0.215. The Bertz CT molecular complexity index is 1500. The molecule has 4 amide bonds. The lowest BCUT2D eigenvalue weighted by Gasteiger charge is -2.42. The molecule has 4 N–H and O–H groups in total. The van der Waals surface area contributed by atoms with Gasteiger partial charge in [0.1, 0.15) is 30.2 Å². The molecule has 1 unspecified atom stereocenters. The summed E-state index contributed by atoms with van der Waals surface area (Å²) in [6.07, 6.45) is 4.54. The number of carbonyl (C=O) groups excluding carboxylic acids is 4. The van der Waals surface area contributed by atoms with E-state index < -0.39 is 35.6 Å². The largest absolute Gasteiger partial charge is 0.480 e. The SMILES string of the molecule is C[C@@H]1CCN(C(=O)CC#N)C[C@@H]1N(C)c1ncnc2c1ccn2C(=O)NCCCC(=O)NC(CCCCNC(=O)OC(C)(C)C)C(=O)O. The number of nitrogens with zero attached hydrogens (tertiary/aromatic N) is 6. The van der Waals surface area contributed by atoms with Crippen LogP contribution in [0.4, 0.5) is 15.4 Å². The molecule has 16 nitrogen and oxygen atoms in total. The maximum Gasteiger partial charge on any atom is 0.407 e. The zero-order valence-electron chi connectivity index (χ0n) is 28.3. The van der Waals surface area contributed by atoms with Gasteiger partial charge in [-0.3, -0.25) is 14.2 Å². The van der Waals surface area contributed by atoms with Gasteiger partial charge in [0, 0.05) is 45.8 Å². The highest BCUT2D eigenvalue weighted by Gasteiger charge is 2.33. The Morgan fingerprint density at radius 2 is 1.88 bits per heavy atom. The van der Waals surface area contributed by atoms with E-state index in [0.717, 1.165) is 6.42 Å². The number of ether oxygens (including phenoxy) is 1. The predicted molar refractivity (Wildman–Crippen MR) is 176 cm³/mol. The summed E-state index contributed by atoms with van der Waals surface area (Å²) in [4.78, 5) is 73.7. The topological polar surface area (TPSA) is 212 Å². The van der Waals surface area contributed by atoms with Gasteiger partial charge < -0.3 is 35.6 Å². The Morgan fingerprint density at radius 1 is 1.15 bits per heavy atom. The van der Waals surface area contributed by atoms with Crippen molar-refractivity contribution in [3.63, 3.8) is 0 Å². The number of unbranched alkanes of at least 4 members (excludes halogenated alkanes) is 1. The number of carboxylic acids is 1. The second-order valence-electron chi connectivity index (χ2n) is 13.0. The van der Waals surface area contributed by atoms with Gasteiger partial charge in [0.2, 0.25) is 11.8 Å². The van der Waals surface area contributed by atoms with Gasteiger partial charge in [-0.15, -0.1) is 0 Å². The van der Waals surface area contributed by atoms with E-state index in [1.165, 1.54) is 10.9 Å². The number of piperidine rings is 1. The summed E-state index contributed by atoms with van der Waals surface area (Å²) in [6.45, 7) is 8.93. The summed E-state index contributed by atoms with van der Waals surface area (Å²) in [5.74, 6) is -0.917. The van der Waals surface area contributed by atoms with Gasteiger partial charge in [0.15, 0.2) is 5.65 Å². The van der Waals surface area contributed by atoms with Gasteiger partial charge in [0.05, 0.1) is 17.5 Å². The van der Waals surface area contributed by atoms with Gasteiger partial charge in [-0.05, 0) is 64.9 Å². The highest BCUT2D eigenvalue weighted by Crippen LogP contribution is 2.29. The molecular formula is C32H47N9O7. The molecule has 0 spiro atoms. The van der Waals surface area contributed by atoms with E-state index in [4.69, 9.17) is 10.00 Å². The molecule has 3 rings (SSSR count). The van der Waals surface area contributed by atoms with E-state index in [-0.39, 0.29) is 50.1 Å². The average Bonchev–Trinajstić information content (AvgIpc) is 3.46. The molecule has 262 valence electrons. The number of fused-ring (bicyclic) bond motifs is 1. The summed E-state index contributed by atoms with van der Waals surface area (Å²) < 4.78 is 6.52. The molecule has 1 saturated heterocycles. The van der Waals surface area contributed by atoms with Crippen LogP contribution in [0.5, 0.6) is 0 Å². The fourth-order valence-electron chi connectivity index (χ4n) is 5.53. The molecule has 0 saturated carbocycles. The number of hydrogen-bond donors (Lipinski definition) is 4. The number of likely N-dealkylation sites (N-methyl/N-ethyl adjacent to an activating group) is 1. The molecule has 2 aromatic heterocycles. The number of carbonyl (C=O) groups is 5. The fourth-order valence-corrected chi connectivity index (χ4v) is 5.53. The normalized spacial score (nSPS) is 16.8. The van der Waals surface area contributed by atoms with Crippen LogP contribution >= 0.6 is 0 Å². The summed E-state index contributed by atoms with van der Waals surface area (Å²) in [6, 6.07) is 2.11. The molecule has 16 heteroatoms. The lowest BCUT2D eigenvalue weighted by atomic mass is 9.92. The zero-order valence-corrected chi connectivity index (χ0v) is 28.3. The first kappa shape index (κ1) is 37.5. The molecule has 1 fully saturated rings. The van der Waals surface area contributed by atoms with Crippen molar-refractivity contribution < 1.29 is 33.8 Å². The van der Waals surface area contributed by atoms with Crippen molar-refractivity contribution >= 4 is 46.8 Å². The van der Waals surface area contributed by atoms with Crippen LogP contribution in [0.15, 0.2) is 18.6 Å². The molecule has 3 atom stereocenters. The number of carboxylic acid groups (broad SMARTS) is 1. The van der Waals surface area contributed by atoms with Crippen LogP contribution in [0.3, 0.4) is 0 Å². The average molecular weight is 670 g/mol. The van der Waals surface area contributed by atoms with E-state index >= 15 is 0 Å². The third-order valence-electron chi connectivity index (χ3n) is 8.09. The van der Waals surface area contributed by atoms with Crippen LogP contribution in [-0.2, 0) is 19.1 Å². The van der Waals surface area contributed by atoms with Crippen molar-refractivity contribution in [1.29, 1.82) is 5.26 Å². The number of hydrogen-bond acceptors (Lipinski definition) is 10. The molecule has 48 heavy (non-hydrogen) atoms. The Balaban J connectivity index is 1.47. The smallest absolute Gasteiger partial charge is 0.407 e. The minimum Gasteiger partial charge on any atom is -0.480 e. The van der Waals surface area contributed by atoms with Crippen molar-refractivity contribution in [1.82, 2.24) is 35.4 Å². The van der Waals surface area contributed by atoms with E-state index in [2.05, 4.69) is 32.8 Å². The lowest BCUT2D eigenvalue weighted by molar-refractivity contribution is -0.142. The first-order chi connectivity index (χ1) is 22.7. The number of alkyl carbamates (subject to hydrolysis) is 1. The van der Waals surface area contributed by atoms with Crippen LogP contribution in [0.25, 0.3) is 11.0 Å². The molecular weight excluding hydrogens is 622 g/mol. The van der Waals surface area contributed by atoms with Crippen LogP contribution in [-0.4, -0.2) is 105 Å².